The third-order valence-corrected chi connectivity index (χ3v) is 4.80. The van der Waals surface area contributed by atoms with E-state index in [2.05, 4.69) is 29.1 Å². The lowest BCUT2D eigenvalue weighted by Crippen LogP contribution is -2.31. The van der Waals surface area contributed by atoms with Gasteiger partial charge in [0, 0.05) is 50.1 Å². The van der Waals surface area contributed by atoms with E-state index in [1.165, 1.54) is 23.2 Å². The largest absolute Gasteiger partial charge is 0.496 e. The van der Waals surface area contributed by atoms with Crippen LogP contribution in [0.15, 0.2) is 30.5 Å². The van der Waals surface area contributed by atoms with Crippen LogP contribution in [0.5, 0.6) is 5.75 Å². The number of rotatable bonds is 7. The van der Waals surface area contributed by atoms with Crippen molar-refractivity contribution in [3.8, 4) is 5.75 Å². The number of methoxy groups -OCH3 is 1. The quantitative estimate of drug-likeness (QED) is 0.783. The number of aromatic nitrogens is 2. The van der Waals surface area contributed by atoms with Crippen LogP contribution in [0.25, 0.3) is 0 Å². The van der Waals surface area contributed by atoms with Gasteiger partial charge in [0.1, 0.15) is 5.75 Å². The molecule has 0 saturated carbocycles. The Balaban J connectivity index is 1.77. The van der Waals surface area contributed by atoms with E-state index >= 15 is 0 Å². The van der Waals surface area contributed by atoms with Gasteiger partial charge in [0.25, 0.3) is 0 Å². The average molecular weight is 329 g/mol. The molecular formula is C19H27N3O2. The monoisotopic (exact) mass is 329 g/mol. The summed E-state index contributed by atoms with van der Waals surface area (Å²) in [5.41, 5.74) is 3.69. The van der Waals surface area contributed by atoms with E-state index < -0.39 is 0 Å². The summed E-state index contributed by atoms with van der Waals surface area (Å²) in [7, 11) is 3.72. The van der Waals surface area contributed by atoms with Gasteiger partial charge in [0.05, 0.1) is 19.4 Å². The first kappa shape index (κ1) is 17.0. The van der Waals surface area contributed by atoms with Gasteiger partial charge in [-0.15, -0.1) is 0 Å². The Kier molecular flexibility index (Phi) is 5.53. The first-order valence-corrected chi connectivity index (χ1v) is 8.60. The van der Waals surface area contributed by atoms with Crippen molar-refractivity contribution in [1.29, 1.82) is 0 Å². The van der Waals surface area contributed by atoms with Crippen LogP contribution in [0.4, 0.5) is 0 Å². The van der Waals surface area contributed by atoms with Gasteiger partial charge in [-0.2, -0.15) is 5.10 Å². The van der Waals surface area contributed by atoms with E-state index in [0.717, 1.165) is 38.4 Å². The summed E-state index contributed by atoms with van der Waals surface area (Å²) >= 11 is 0. The van der Waals surface area contributed by atoms with Crippen LogP contribution in [0.1, 0.15) is 29.7 Å². The van der Waals surface area contributed by atoms with Gasteiger partial charge in [-0.3, -0.25) is 9.58 Å². The lowest BCUT2D eigenvalue weighted by molar-refractivity contribution is 0.0675. The fourth-order valence-corrected chi connectivity index (χ4v) is 3.28. The van der Waals surface area contributed by atoms with Gasteiger partial charge in [-0.05, 0) is 25.8 Å². The molecule has 0 bridgehead atoms. The van der Waals surface area contributed by atoms with E-state index in [0.29, 0.717) is 6.10 Å². The van der Waals surface area contributed by atoms with Gasteiger partial charge < -0.3 is 9.47 Å². The summed E-state index contributed by atoms with van der Waals surface area (Å²) in [4.78, 5) is 2.44. The number of aryl methyl sites for hydroxylation is 1. The Morgan fingerprint density at radius 1 is 1.29 bits per heavy atom. The molecule has 5 heteroatoms. The zero-order valence-electron chi connectivity index (χ0n) is 14.9. The second kappa shape index (κ2) is 7.81. The van der Waals surface area contributed by atoms with E-state index in [9.17, 15) is 0 Å². The van der Waals surface area contributed by atoms with Crippen molar-refractivity contribution in [2.75, 3.05) is 20.3 Å². The van der Waals surface area contributed by atoms with E-state index in [-0.39, 0.29) is 0 Å². The van der Waals surface area contributed by atoms with Crippen LogP contribution >= 0.6 is 0 Å². The second-order valence-electron chi connectivity index (χ2n) is 6.50. The maximum Gasteiger partial charge on any atom is 0.123 e. The summed E-state index contributed by atoms with van der Waals surface area (Å²) in [6.07, 6.45) is 4.62. The highest BCUT2D eigenvalue weighted by atomic mass is 16.5. The standard InChI is InChI=1S/C19H27N3O2/c1-15-17(11-20-21(15)2)13-22(14-18-8-6-10-24-18)12-16-7-4-5-9-19(16)23-3/h4-5,7,9,11,18H,6,8,10,12-14H2,1-3H3/t18-/m0/s1. The molecule has 5 nitrogen and oxygen atoms in total. The van der Waals surface area contributed by atoms with Crippen LogP contribution in [0.3, 0.4) is 0 Å². The number of benzene rings is 1. The van der Waals surface area contributed by atoms with Crippen LogP contribution in [-0.4, -0.2) is 41.0 Å². The highest BCUT2D eigenvalue weighted by Crippen LogP contribution is 2.23. The molecule has 2 aromatic rings. The third kappa shape index (κ3) is 3.97. The summed E-state index contributed by atoms with van der Waals surface area (Å²) in [6.45, 7) is 5.66. The van der Waals surface area contributed by atoms with Crippen molar-refractivity contribution in [2.45, 2.75) is 39.0 Å². The van der Waals surface area contributed by atoms with Crippen molar-refractivity contribution in [3.63, 3.8) is 0 Å². The number of ether oxygens (including phenoxy) is 2. The highest BCUT2D eigenvalue weighted by Gasteiger charge is 2.21. The van der Waals surface area contributed by atoms with Gasteiger partial charge in [0.2, 0.25) is 0 Å². The van der Waals surface area contributed by atoms with Crippen molar-refractivity contribution in [2.24, 2.45) is 7.05 Å². The predicted octanol–water partition coefficient (Wildman–Crippen LogP) is 2.92. The molecule has 1 atom stereocenters. The maximum absolute atomic E-state index is 5.86. The van der Waals surface area contributed by atoms with Gasteiger partial charge in [0.15, 0.2) is 0 Å². The number of nitrogens with zero attached hydrogens (tertiary/aromatic N) is 3. The molecule has 0 aliphatic carbocycles. The van der Waals surface area contributed by atoms with E-state index in [1.807, 2.05) is 30.1 Å². The molecule has 0 unspecified atom stereocenters. The molecule has 24 heavy (non-hydrogen) atoms. The molecule has 0 radical (unpaired) electrons. The summed E-state index contributed by atoms with van der Waals surface area (Å²) in [6, 6.07) is 8.24. The van der Waals surface area contributed by atoms with E-state index in [1.54, 1.807) is 7.11 Å². The van der Waals surface area contributed by atoms with Crippen LogP contribution in [0.2, 0.25) is 0 Å². The number of para-hydroxylation sites is 1. The molecule has 1 aromatic heterocycles. The minimum atomic E-state index is 0.330. The molecule has 1 fully saturated rings. The van der Waals surface area contributed by atoms with Crippen LogP contribution < -0.4 is 4.74 Å². The molecule has 0 amide bonds. The molecule has 3 rings (SSSR count). The van der Waals surface area contributed by atoms with Crippen LogP contribution in [0, 0.1) is 6.92 Å². The topological polar surface area (TPSA) is 39.5 Å². The third-order valence-electron chi connectivity index (χ3n) is 4.80. The number of hydrogen-bond donors (Lipinski definition) is 0. The van der Waals surface area contributed by atoms with Crippen molar-refractivity contribution in [1.82, 2.24) is 14.7 Å². The molecule has 1 aliphatic heterocycles. The first-order chi connectivity index (χ1) is 11.7. The first-order valence-electron chi connectivity index (χ1n) is 8.60. The molecule has 1 saturated heterocycles. The van der Waals surface area contributed by atoms with Gasteiger partial charge in [-0.25, -0.2) is 0 Å². The summed E-state index contributed by atoms with van der Waals surface area (Å²) < 4.78 is 13.3. The average Bonchev–Trinajstić information content (AvgIpc) is 3.21. The molecule has 0 N–H and O–H groups in total. The Morgan fingerprint density at radius 2 is 2.08 bits per heavy atom. The Hall–Kier alpha value is -1.85. The Bertz CT molecular complexity index is 662. The highest BCUT2D eigenvalue weighted by molar-refractivity contribution is 5.33. The van der Waals surface area contributed by atoms with Gasteiger partial charge >= 0.3 is 0 Å². The zero-order valence-corrected chi connectivity index (χ0v) is 14.9. The van der Waals surface area contributed by atoms with Gasteiger partial charge in [-0.1, -0.05) is 18.2 Å². The molecule has 1 aromatic carbocycles. The SMILES string of the molecule is COc1ccccc1CN(Cc1cnn(C)c1C)C[C@@H]1CCCO1. The number of hydrogen-bond acceptors (Lipinski definition) is 4. The van der Waals surface area contributed by atoms with Crippen molar-refractivity contribution in [3.05, 3.63) is 47.3 Å². The molecule has 0 spiro atoms. The van der Waals surface area contributed by atoms with Crippen molar-refractivity contribution < 1.29 is 9.47 Å². The molecule has 1 aliphatic rings. The van der Waals surface area contributed by atoms with Crippen LogP contribution in [-0.2, 0) is 24.9 Å². The smallest absolute Gasteiger partial charge is 0.123 e. The predicted molar refractivity (Wildman–Crippen MR) is 94.0 cm³/mol. The Morgan fingerprint density at radius 3 is 2.75 bits per heavy atom. The molecule has 130 valence electrons. The Labute approximate surface area is 144 Å². The lowest BCUT2D eigenvalue weighted by Gasteiger charge is -2.26. The van der Waals surface area contributed by atoms with E-state index in [4.69, 9.17) is 9.47 Å². The fourth-order valence-electron chi connectivity index (χ4n) is 3.28. The maximum atomic E-state index is 5.86. The zero-order chi connectivity index (χ0) is 16.9. The molecular weight excluding hydrogens is 302 g/mol. The minimum Gasteiger partial charge on any atom is -0.496 e. The fraction of sp³-hybridized carbons (Fsp3) is 0.526. The lowest BCUT2D eigenvalue weighted by atomic mass is 10.1. The van der Waals surface area contributed by atoms with Crippen molar-refractivity contribution >= 4 is 0 Å². The minimum absolute atomic E-state index is 0.330. The molecule has 2 heterocycles. The summed E-state index contributed by atoms with van der Waals surface area (Å²) in [5, 5.41) is 4.38. The second-order valence-corrected chi connectivity index (χ2v) is 6.50. The summed E-state index contributed by atoms with van der Waals surface area (Å²) in [5.74, 6) is 0.942. The normalized spacial score (nSPS) is 17.6.